The summed E-state index contributed by atoms with van der Waals surface area (Å²) in [6, 6.07) is 9.69. The number of carbonyl (C=O) groups is 1. The number of nitriles is 1. The van der Waals surface area contributed by atoms with Crippen LogP contribution in [-0.2, 0) is 17.8 Å². The van der Waals surface area contributed by atoms with E-state index in [0.29, 0.717) is 18.7 Å². The third-order valence-corrected chi connectivity index (χ3v) is 4.58. The number of imidazole rings is 1. The fourth-order valence-corrected chi connectivity index (χ4v) is 3.11. The van der Waals surface area contributed by atoms with Gasteiger partial charge >= 0.3 is 0 Å². The molecule has 2 aromatic rings. The second kappa shape index (κ2) is 8.45. The van der Waals surface area contributed by atoms with Crippen LogP contribution in [0.3, 0.4) is 0 Å². The first kappa shape index (κ1) is 17.2. The summed E-state index contributed by atoms with van der Waals surface area (Å²) in [5, 5.41) is 15.2. The van der Waals surface area contributed by atoms with Crippen molar-refractivity contribution in [3.8, 4) is 6.07 Å². The number of benzene rings is 1. The molecule has 0 spiro atoms. The van der Waals surface area contributed by atoms with Crippen LogP contribution in [0.15, 0.2) is 36.8 Å². The normalized spacial score (nSPS) is 17.0. The summed E-state index contributed by atoms with van der Waals surface area (Å²) in [5.41, 5.74) is 2.87. The Balaban J connectivity index is 1.51. The average Bonchev–Trinajstić information content (AvgIpc) is 3.10. The van der Waals surface area contributed by atoms with Crippen molar-refractivity contribution in [2.45, 2.75) is 25.8 Å². The second-order valence-electron chi connectivity index (χ2n) is 6.41. The van der Waals surface area contributed by atoms with Crippen molar-refractivity contribution >= 4 is 5.91 Å². The highest BCUT2D eigenvalue weighted by Crippen LogP contribution is 2.11. The number of hydrogen-bond acceptors (Lipinski definition) is 4. The molecule has 0 radical (unpaired) electrons. The van der Waals surface area contributed by atoms with Crippen molar-refractivity contribution in [1.29, 1.82) is 5.26 Å². The third-order valence-electron chi connectivity index (χ3n) is 4.58. The zero-order valence-electron chi connectivity index (χ0n) is 14.2. The minimum absolute atomic E-state index is 0.0947. The monoisotopic (exact) mass is 337 g/mol. The molecule has 1 aromatic carbocycles. The van der Waals surface area contributed by atoms with E-state index in [-0.39, 0.29) is 11.8 Å². The molecule has 25 heavy (non-hydrogen) atoms. The van der Waals surface area contributed by atoms with Gasteiger partial charge in [-0.25, -0.2) is 4.98 Å². The first-order valence-electron chi connectivity index (χ1n) is 8.73. The molecule has 1 aromatic heterocycles. The highest BCUT2D eigenvalue weighted by Gasteiger charge is 2.20. The second-order valence-corrected chi connectivity index (χ2v) is 6.41. The van der Waals surface area contributed by atoms with Gasteiger partial charge in [-0.15, -0.1) is 0 Å². The Bertz CT molecular complexity index is 738. The number of amides is 1. The van der Waals surface area contributed by atoms with Gasteiger partial charge in [-0.05, 0) is 37.1 Å². The molecule has 1 amide bonds. The lowest BCUT2D eigenvalue weighted by Crippen LogP contribution is -2.41. The molecule has 2 heterocycles. The maximum atomic E-state index is 12.2. The zero-order valence-corrected chi connectivity index (χ0v) is 14.2. The summed E-state index contributed by atoms with van der Waals surface area (Å²) < 4.78 is 2.08. The molecule has 1 aliphatic rings. The lowest BCUT2D eigenvalue weighted by molar-refractivity contribution is -0.125. The maximum absolute atomic E-state index is 12.2. The largest absolute Gasteiger partial charge is 0.355 e. The lowest BCUT2D eigenvalue weighted by Gasteiger charge is -2.21. The number of hydrogen-bond donors (Lipinski definition) is 2. The van der Waals surface area contributed by atoms with Crippen LogP contribution < -0.4 is 10.6 Å². The van der Waals surface area contributed by atoms with Gasteiger partial charge in [-0.3, -0.25) is 4.79 Å². The predicted octanol–water partition coefficient (Wildman–Crippen LogP) is 1.46. The van der Waals surface area contributed by atoms with E-state index in [1.807, 2.05) is 30.5 Å². The van der Waals surface area contributed by atoms with E-state index in [4.69, 9.17) is 5.26 Å². The van der Waals surface area contributed by atoms with Gasteiger partial charge in [0.2, 0.25) is 5.91 Å². The average molecular weight is 337 g/mol. The number of aromatic nitrogens is 2. The molecule has 2 N–H and O–H groups in total. The molecular weight excluding hydrogens is 314 g/mol. The van der Waals surface area contributed by atoms with Gasteiger partial charge in [-0.1, -0.05) is 12.1 Å². The number of piperidine rings is 1. The summed E-state index contributed by atoms with van der Waals surface area (Å²) in [7, 11) is 0. The lowest BCUT2D eigenvalue weighted by atomic mass is 9.99. The fourth-order valence-electron chi connectivity index (χ4n) is 3.11. The third kappa shape index (κ3) is 4.68. The van der Waals surface area contributed by atoms with Gasteiger partial charge in [0.15, 0.2) is 0 Å². The van der Waals surface area contributed by atoms with Crippen LogP contribution in [0.5, 0.6) is 0 Å². The van der Waals surface area contributed by atoms with Crippen LogP contribution in [0.25, 0.3) is 0 Å². The van der Waals surface area contributed by atoms with Gasteiger partial charge in [-0.2, -0.15) is 5.26 Å². The van der Waals surface area contributed by atoms with Gasteiger partial charge in [0.05, 0.1) is 23.9 Å². The molecule has 0 aliphatic carbocycles. The van der Waals surface area contributed by atoms with Crippen molar-refractivity contribution in [3.63, 3.8) is 0 Å². The van der Waals surface area contributed by atoms with Crippen LogP contribution in [0, 0.1) is 17.2 Å². The quantitative estimate of drug-likeness (QED) is 0.836. The molecule has 1 saturated heterocycles. The van der Waals surface area contributed by atoms with E-state index in [0.717, 1.165) is 43.6 Å². The molecule has 1 fully saturated rings. The van der Waals surface area contributed by atoms with Gasteiger partial charge in [0.1, 0.15) is 0 Å². The molecule has 6 nitrogen and oxygen atoms in total. The summed E-state index contributed by atoms with van der Waals surface area (Å²) in [6.45, 7) is 3.12. The molecular formula is C19H23N5O. The van der Waals surface area contributed by atoms with Crippen LogP contribution in [0.1, 0.15) is 29.7 Å². The number of carbonyl (C=O) groups excluding carboxylic acids is 1. The molecule has 0 bridgehead atoms. The highest BCUT2D eigenvalue weighted by molar-refractivity contribution is 5.78. The standard InChI is InChI=1S/C19H23N5O/c20-10-15-3-5-16(6-4-15)13-24-14-22-12-18(24)7-9-23-19(25)17-2-1-8-21-11-17/h3-6,12,14,17,21H,1-2,7-9,11,13H2,(H,23,25)/t17-/m0/s1. The fraction of sp³-hybridized carbons (Fsp3) is 0.421. The molecule has 0 saturated carbocycles. The van der Waals surface area contributed by atoms with Gasteiger partial charge in [0.25, 0.3) is 0 Å². The minimum atomic E-state index is 0.0947. The van der Waals surface area contributed by atoms with Crippen molar-refractivity contribution in [2.75, 3.05) is 19.6 Å². The smallest absolute Gasteiger partial charge is 0.224 e. The Morgan fingerprint density at radius 1 is 1.40 bits per heavy atom. The van der Waals surface area contributed by atoms with Crippen LogP contribution in [0.2, 0.25) is 0 Å². The summed E-state index contributed by atoms with van der Waals surface area (Å²) in [4.78, 5) is 16.4. The number of nitrogens with one attached hydrogen (secondary N) is 2. The minimum Gasteiger partial charge on any atom is -0.355 e. The predicted molar refractivity (Wildman–Crippen MR) is 94.8 cm³/mol. The summed E-state index contributed by atoms with van der Waals surface area (Å²) in [5.74, 6) is 0.239. The Labute approximate surface area is 147 Å². The molecule has 130 valence electrons. The Hall–Kier alpha value is -2.65. The maximum Gasteiger partial charge on any atom is 0.224 e. The molecule has 3 rings (SSSR count). The van der Waals surface area contributed by atoms with Gasteiger partial charge in [0, 0.05) is 37.9 Å². The van der Waals surface area contributed by atoms with E-state index in [1.165, 1.54) is 0 Å². The Morgan fingerprint density at radius 2 is 2.24 bits per heavy atom. The van der Waals surface area contributed by atoms with Crippen LogP contribution >= 0.6 is 0 Å². The topological polar surface area (TPSA) is 82.7 Å². The van der Waals surface area contributed by atoms with Gasteiger partial charge < -0.3 is 15.2 Å². The first-order valence-corrected chi connectivity index (χ1v) is 8.73. The SMILES string of the molecule is N#Cc1ccc(Cn2cncc2CCNC(=O)[C@H]2CCCNC2)cc1. The van der Waals surface area contributed by atoms with E-state index in [1.54, 1.807) is 6.33 Å². The Morgan fingerprint density at radius 3 is 2.96 bits per heavy atom. The summed E-state index contributed by atoms with van der Waals surface area (Å²) in [6.07, 6.45) is 6.44. The number of nitrogens with zero attached hydrogens (tertiary/aromatic N) is 3. The van der Waals surface area contributed by atoms with Crippen molar-refractivity contribution in [2.24, 2.45) is 5.92 Å². The van der Waals surface area contributed by atoms with E-state index < -0.39 is 0 Å². The summed E-state index contributed by atoms with van der Waals surface area (Å²) >= 11 is 0. The zero-order chi connectivity index (χ0) is 17.5. The molecule has 6 heteroatoms. The molecule has 1 atom stereocenters. The van der Waals surface area contributed by atoms with Crippen molar-refractivity contribution < 1.29 is 4.79 Å². The van der Waals surface area contributed by atoms with E-state index in [9.17, 15) is 4.79 Å². The van der Waals surface area contributed by atoms with Crippen molar-refractivity contribution in [1.82, 2.24) is 20.2 Å². The van der Waals surface area contributed by atoms with E-state index >= 15 is 0 Å². The Kier molecular flexibility index (Phi) is 5.81. The van der Waals surface area contributed by atoms with Crippen LogP contribution in [-0.4, -0.2) is 35.1 Å². The van der Waals surface area contributed by atoms with Crippen LogP contribution in [0.4, 0.5) is 0 Å². The highest BCUT2D eigenvalue weighted by atomic mass is 16.1. The van der Waals surface area contributed by atoms with E-state index in [2.05, 4.69) is 26.3 Å². The number of rotatable bonds is 6. The first-order chi connectivity index (χ1) is 12.3. The van der Waals surface area contributed by atoms with Crippen molar-refractivity contribution in [3.05, 3.63) is 53.6 Å². The molecule has 0 unspecified atom stereocenters. The molecule has 1 aliphatic heterocycles.